The van der Waals surface area contributed by atoms with Crippen LogP contribution < -0.4 is 4.74 Å². The molecule has 0 aliphatic rings. The predicted octanol–water partition coefficient (Wildman–Crippen LogP) is 1.42. The van der Waals surface area contributed by atoms with Gasteiger partial charge in [-0.25, -0.2) is 0 Å². The fourth-order valence-electron chi connectivity index (χ4n) is 1.81. The number of aliphatic hydroxyl groups excluding tert-OH is 1. The van der Waals surface area contributed by atoms with Crippen molar-refractivity contribution in [1.82, 2.24) is 4.90 Å². The first-order chi connectivity index (χ1) is 8.43. The van der Waals surface area contributed by atoms with Gasteiger partial charge in [0, 0.05) is 30.8 Å². The lowest BCUT2D eigenvalue weighted by Crippen LogP contribution is -2.26. The van der Waals surface area contributed by atoms with E-state index in [1.54, 1.807) is 13.0 Å². The monoisotopic (exact) mass is 254 g/mol. The Morgan fingerprint density at radius 3 is 2.72 bits per heavy atom. The molecule has 0 amide bonds. The van der Waals surface area contributed by atoms with Gasteiger partial charge in [0.25, 0.3) is 5.69 Å². The highest BCUT2D eigenvalue weighted by molar-refractivity contribution is 5.43. The Balaban J connectivity index is 2.90. The molecule has 0 fully saturated rings. The van der Waals surface area contributed by atoms with Gasteiger partial charge in [-0.3, -0.25) is 15.0 Å². The van der Waals surface area contributed by atoms with E-state index >= 15 is 0 Å². The Labute approximate surface area is 106 Å². The molecule has 100 valence electrons. The van der Waals surface area contributed by atoms with Gasteiger partial charge < -0.3 is 9.84 Å². The Morgan fingerprint density at radius 2 is 2.22 bits per heavy atom. The molecule has 6 heteroatoms. The SMILES string of the molecule is COc1ccc([N+](=O)[O-])cc1CN(C)CC(C)O. The lowest BCUT2D eigenvalue weighted by atomic mass is 10.1. The first-order valence-electron chi connectivity index (χ1n) is 5.62. The number of nitrogens with zero attached hydrogens (tertiary/aromatic N) is 2. The van der Waals surface area contributed by atoms with Crippen molar-refractivity contribution >= 4 is 5.69 Å². The molecule has 0 saturated heterocycles. The van der Waals surface area contributed by atoms with Crippen LogP contribution in [0.2, 0.25) is 0 Å². The molecular weight excluding hydrogens is 236 g/mol. The van der Waals surface area contributed by atoms with E-state index < -0.39 is 11.0 Å². The smallest absolute Gasteiger partial charge is 0.270 e. The van der Waals surface area contributed by atoms with Crippen LogP contribution in [0.4, 0.5) is 5.69 Å². The number of ether oxygens (including phenoxy) is 1. The van der Waals surface area contributed by atoms with Crippen molar-refractivity contribution < 1.29 is 14.8 Å². The molecule has 1 atom stereocenters. The van der Waals surface area contributed by atoms with Crippen LogP contribution in [-0.2, 0) is 6.54 Å². The van der Waals surface area contributed by atoms with Gasteiger partial charge in [-0.2, -0.15) is 0 Å². The molecule has 0 spiro atoms. The summed E-state index contributed by atoms with van der Waals surface area (Å²) < 4.78 is 5.17. The highest BCUT2D eigenvalue weighted by Gasteiger charge is 2.13. The van der Waals surface area contributed by atoms with E-state index in [1.807, 2.05) is 11.9 Å². The maximum Gasteiger partial charge on any atom is 0.270 e. The summed E-state index contributed by atoms with van der Waals surface area (Å²) in [5.74, 6) is 0.609. The van der Waals surface area contributed by atoms with Crippen LogP contribution in [0.25, 0.3) is 0 Å². The number of rotatable bonds is 6. The fourth-order valence-corrected chi connectivity index (χ4v) is 1.81. The predicted molar refractivity (Wildman–Crippen MR) is 67.7 cm³/mol. The van der Waals surface area contributed by atoms with Crippen molar-refractivity contribution in [3.8, 4) is 5.75 Å². The first kappa shape index (κ1) is 14.4. The van der Waals surface area contributed by atoms with Gasteiger partial charge in [0.05, 0.1) is 18.1 Å². The van der Waals surface area contributed by atoms with E-state index in [0.29, 0.717) is 18.8 Å². The first-order valence-corrected chi connectivity index (χ1v) is 5.62. The Morgan fingerprint density at radius 1 is 1.56 bits per heavy atom. The number of nitro benzene ring substituents is 1. The normalized spacial score (nSPS) is 12.5. The number of aliphatic hydroxyl groups is 1. The molecule has 0 saturated carbocycles. The minimum absolute atomic E-state index is 0.0382. The molecule has 18 heavy (non-hydrogen) atoms. The van der Waals surface area contributed by atoms with Crippen LogP contribution in [0.3, 0.4) is 0 Å². The van der Waals surface area contributed by atoms with Gasteiger partial charge in [-0.05, 0) is 20.0 Å². The van der Waals surface area contributed by atoms with Crippen LogP contribution >= 0.6 is 0 Å². The summed E-state index contributed by atoms with van der Waals surface area (Å²) in [5, 5.41) is 20.0. The zero-order valence-corrected chi connectivity index (χ0v) is 10.8. The van der Waals surface area contributed by atoms with Crippen LogP contribution in [0.5, 0.6) is 5.75 Å². The number of hydrogen-bond donors (Lipinski definition) is 1. The minimum atomic E-state index is -0.445. The molecule has 0 bridgehead atoms. The molecule has 0 aliphatic heterocycles. The summed E-state index contributed by atoms with van der Waals surface area (Å²) in [6, 6.07) is 4.50. The van der Waals surface area contributed by atoms with Gasteiger partial charge in [0.1, 0.15) is 5.75 Å². The van der Waals surface area contributed by atoms with Crippen LogP contribution in [0.1, 0.15) is 12.5 Å². The summed E-state index contributed by atoms with van der Waals surface area (Å²) >= 11 is 0. The van der Waals surface area contributed by atoms with E-state index in [0.717, 1.165) is 5.56 Å². The number of hydrogen-bond acceptors (Lipinski definition) is 5. The molecule has 0 aliphatic carbocycles. The van der Waals surface area contributed by atoms with Crippen molar-refractivity contribution in [3.63, 3.8) is 0 Å². The average Bonchev–Trinajstić information content (AvgIpc) is 2.27. The molecule has 1 N–H and O–H groups in total. The highest BCUT2D eigenvalue weighted by Crippen LogP contribution is 2.24. The molecular formula is C12H18N2O4. The second kappa shape index (κ2) is 6.32. The molecule has 1 aromatic rings. The van der Waals surface area contributed by atoms with E-state index in [2.05, 4.69) is 0 Å². The zero-order valence-electron chi connectivity index (χ0n) is 10.8. The summed E-state index contributed by atoms with van der Waals surface area (Å²) in [6.07, 6.45) is -0.445. The molecule has 1 unspecified atom stereocenters. The third-order valence-corrected chi connectivity index (χ3v) is 2.49. The lowest BCUT2D eigenvalue weighted by molar-refractivity contribution is -0.384. The van der Waals surface area contributed by atoms with E-state index in [9.17, 15) is 15.2 Å². The van der Waals surface area contributed by atoms with E-state index in [-0.39, 0.29) is 5.69 Å². The van der Waals surface area contributed by atoms with Crippen LogP contribution in [0.15, 0.2) is 18.2 Å². The Hall–Kier alpha value is -1.66. The second-order valence-electron chi connectivity index (χ2n) is 4.30. The van der Waals surface area contributed by atoms with Crippen molar-refractivity contribution in [2.45, 2.75) is 19.6 Å². The number of non-ortho nitro benzene ring substituents is 1. The van der Waals surface area contributed by atoms with E-state index in [4.69, 9.17) is 4.74 Å². The van der Waals surface area contributed by atoms with Crippen molar-refractivity contribution in [3.05, 3.63) is 33.9 Å². The maximum atomic E-state index is 10.7. The second-order valence-corrected chi connectivity index (χ2v) is 4.30. The minimum Gasteiger partial charge on any atom is -0.496 e. The molecule has 0 heterocycles. The summed E-state index contributed by atoms with van der Waals surface area (Å²) in [5.41, 5.74) is 0.770. The molecule has 1 rings (SSSR count). The molecule has 0 aromatic heterocycles. The molecule has 1 aromatic carbocycles. The number of nitro groups is 1. The van der Waals surface area contributed by atoms with Gasteiger partial charge in [-0.15, -0.1) is 0 Å². The van der Waals surface area contributed by atoms with E-state index in [1.165, 1.54) is 19.2 Å². The third-order valence-electron chi connectivity index (χ3n) is 2.49. The summed E-state index contributed by atoms with van der Waals surface area (Å²) in [6.45, 7) is 2.67. The highest BCUT2D eigenvalue weighted by atomic mass is 16.6. The lowest BCUT2D eigenvalue weighted by Gasteiger charge is -2.19. The third kappa shape index (κ3) is 3.97. The average molecular weight is 254 g/mol. The number of likely N-dealkylation sites (N-methyl/N-ethyl adjacent to an activating group) is 1. The van der Waals surface area contributed by atoms with Crippen molar-refractivity contribution in [2.24, 2.45) is 0 Å². The Kier molecular flexibility index (Phi) is 5.06. The molecule has 0 radical (unpaired) electrons. The standard InChI is InChI=1S/C12H18N2O4/c1-9(15)7-13(2)8-10-6-11(14(16)17)4-5-12(10)18-3/h4-6,9,15H,7-8H2,1-3H3. The number of methoxy groups -OCH3 is 1. The van der Waals surface area contributed by atoms with Crippen LogP contribution in [-0.4, -0.2) is 41.7 Å². The van der Waals surface area contributed by atoms with Gasteiger partial charge in [-0.1, -0.05) is 0 Å². The Bertz CT molecular complexity index is 421. The maximum absolute atomic E-state index is 10.7. The van der Waals surface area contributed by atoms with Gasteiger partial charge in [0.15, 0.2) is 0 Å². The quantitative estimate of drug-likeness (QED) is 0.613. The van der Waals surface area contributed by atoms with Crippen molar-refractivity contribution in [1.29, 1.82) is 0 Å². The number of benzene rings is 1. The summed E-state index contributed by atoms with van der Waals surface area (Å²) in [7, 11) is 3.37. The zero-order chi connectivity index (χ0) is 13.7. The van der Waals surface area contributed by atoms with Crippen molar-refractivity contribution in [2.75, 3.05) is 20.7 Å². The van der Waals surface area contributed by atoms with Gasteiger partial charge >= 0.3 is 0 Å². The van der Waals surface area contributed by atoms with Gasteiger partial charge in [0.2, 0.25) is 0 Å². The van der Waals surface area contributed by atoms with Crippen LogP contribution in [0, 0.1) is 10.1 Å². The molecule has 6 nitrogen and oxygen atoms in total. The topological polar surface area (TPSA) is 75.8 Å². The fraction of sp³-hybridized carbons (Fsp3) is 0.500. The summed E-state index contributed by atoms with van der Waals surface area (Å²) in [4.78, 5) is 12.2. The largest absolute Gasteiger partial charge is 0.496 e.